The number of aliphatic hydroxyl groups excluding tert-OH is 1. The molecule has 1 saturated heterocycles. The molecule has 0 bridgehead atoms. The first-order valence-electron chi connectivity index (χ1n) is 14.8. The zero-order valence-electron chi connectivity index (χ0n) is 24.1. The number of aliphatic hydroxyl groups is 1. The summed E-state index contributed by atoms with van der Waals surface area (Å²) in [5, 5.41) is 16.9. The van der Waals surface area contributed by atoms with Gasteiger partial charge >= 0.3 is 0 Å². The molecule has 1 unspecified atom stereocenters. The number of hydrogen-bond donors (Lipinski definition) is 1. The molecule has 8 heteroatoms. The lowest BCUT2D eigenvalue weighted by Crippen LogP contribution is -2.49. The maximum absolute atomic E-state index is 13.2. The molecule has 7 nitrogen and oxygen atoms in total. The van der Waals surface area contributed by atoms with Crippen molar-refractivity contribution >= 4 is 23.2 Å². The van der Waals surface area contributed by atoms with Gasteiger partial charge < -0.3 is 14.9 Å². The van der Waals surface area contributed by atoms with Crippen LogP contribution in [0.3, 0.4) is 0 Å². The van der Waals surface area contributed by atoms with E-state index in [0.29, 0.717) is 44.0 Å². The first-order chi connectivity index (χ1) is 20.4. The number of para-hydroxylation sites is 1. The van der Waals surface area contributed by atoms with Crippen LogP contribution in [-0.4, -0.2) is 76.0 Å². The topological polar surface area (TPSA) is 64.8 Å². The van der Waals surface area contributed by atoms with Gasteiger partial charge in [0.05, 0.1) is 24.8 Å². The van der Waals surface area contributed by atoms with Gasteiger partial charge in [0.2, 0.25) is 5.91 Å². The predicted octanol–water partition coefficient (Wildman–Crippen LogP) is 4.82. The van der Waals surface area contributed by atoms with Crippen LogP contribution in [0.5, 0.6) is 0 Å². The summed E-state index contributed by atoms with van der Waals surface area (Å²) in [7, 11) is 0. The van der Waals surface area contributed by atoms with Gasteiger partial charge in [-0.25, -0.2) is 0 Å². The summed E-state index contributed by atoms with van der Waals surface area (Å²) in [4.78, 5) is 20.0. The van der Waals surface area contributed by atoms with Crippen molar-refractivity contribution in [1.82, 2.24) is 19.6 Å². The van der Waals surface area contributed by atoms with E-state index < -0.39 is 6.10 Å². The van der Waals surface area contributed by atoms with Crippen LogP contribution in [-0.2, 0) is 30.7 Å². The fraction of sp³-hybridized carbons (Fsp3) is 0.353. The molecule has 1 N–H and O–H groups in total. The fourth-order valence-corrected chi connectivity index (χ4v) is 6.35. The molecule has 1 fully saturated rings. The molecule has 42 heavy (non-hydrogen) atoms. The Labute approximate surface area is 252 Å². The average Bonchev–Trinajstić information content (AvgIpc) is 3.36. The summed E-state index contributed by atoms with van der Waals surface area (Å²) in [5.41, 5.74) is 7.60. The number of aromatic nitrogens is 2. The van der Waals surface area contributed by atoms with Crippen LogP contribution < -0.4 is 4.90 Å². The Kier molecular flexibility index (Phi) is 8.60. The van der Waals surface area contributed by atoms with Gasteiger partial charge in [-0.2, -0.15) is 5.10 Å². The Bertz CT molecular complexity index is 1510. The van der Waals surface area contributed by atoms with E-state index in [0.717, 1.165) is 54.3 Å². The SMILES string of the molecule is Cc1ccccc1N1CCN(CC(O)Cn2nc(-c3ccc(Cl)cc3)c3c2CCN(C(=O)Cc2ccccc2)C3)CC1. The Morgan fingerprint density at radius 1 is 0.905 bits per heavy atom. The lowest BCUT2D eigenvalue weighted by atomic mass is 10.00. The van der Waals surface area contributed by atoms with E-state index in [1.54, 1.807) is 0 Å². The molecule has 1 amide bonds. The minimum absolute atomic E-state index is 0.117. The highest BCUT2D eigenvalue weighted by Crippen LogP contribution is 2.31. The van der Waals surface area contributed by atoms with Gasteiger partial charge in [0, 0.05) is 79.8 Å². The Hall–Kier alpha value is -3.65. The third-order valence-electron chi connectivity index (χ3n) is 8.48. The van der Waals surface area contributed by atoms with E-state index in [-0.39, 0.29) is 5.91 Å². The number of carbonyl (C=O) groups is 1. The fourth-order valence-electron chi connectivity index (χ4n) is 6.22. The monoisotopic (exact) mass is 583 g/mol. The van der Waals surface area contributed by atoms with Gasteiger partial charge in [-0.1, -0.05) is 72.3 Å². The van der Waals surface area contributed by atoms with E-state index in [4.69, 9.17) is 16.7 Å². The van der Waals surface area contributed by atoms with Crippen molar-refractivity contribution in [3.8, 4) is 11.3 Å². The zero-order valence-corrected chi connectivity index (χ0v) is 24.9. The van der Waals surface area contributed by atoms with Crippen LogP contribution in [0.2, 0.25) is 5.02 Å². The van der Waals surface area contributed by atoms with Crippen LogP contribution in [0, 0.1) is 6.92 Å². The molecule has 0 aliphatic carbocycles. The lowest BCUT2D eigenvalue weighted by Gasteiger charge is -2.37. The quantitative estimate of drug-likeness (QED) is 0.322. The largest absolute Gasteiger partial charge is 0.390 e. The van der Waals surface area contributed by atoms with Crippen molar-refractivity contribution in [3.05, 3.63) is 106 Å². The molecule has 3 aromatic carbocycles. The van der Waals surface area contributed by atoms with Crippen LogP contribution >= 0.6 is 11.6 Å². The lowest BCUT2D eigenvalue weighted by molar-refractivity contribution is -0.131. The Morgan fingerprint density at radius 2 is 1.62 bits per heavy atom. The van der Waals surface area contributed by atoms with Crippen molar-refractivity contribution in [1.29, 1.82) is 0 Å². The van der Waals surface area contributed by atoms with Crippen LogP contribution in [0.4, 0.5) is 5.69 Å². The standard InChI is InChI=1S/C34H38ClN5O2/c1-25-7-5-6-10-31(25)38-19-17-37(18-20-38)22-29(41)23-40-32-15-16-39(33(42)21-26-8-3-2-4-9-26)24-30(32)34(36-40)27-11-13-28(35)14-12-27/h2-14,29,41H,15-24H2,1H3. The van der Waals surface area contributed by atoms with Crippen molar-refractivity contribution in [2.24, 2.45) is 0 Å². The van der Waals surface area contributed by atoms with E-state index >= 15 is 0 Å². The second-order valence-corrected chi connectivity index (χ2v) is 11.9. The second-order valence-electron chi connectivity index (χ2n) is 11.4. The van der Waals surface area contributed by atoms with Gasteiger partial charge in [-0.3, -0.25) is 14.4 Å². The Balaban J connectivity index is 1.15. The van der Waals surface area contributed by atoms with Crippen molar-refractivity contribution in [3.63, 3.8) is 0 Å². The van der Waals surface area contributed by atoms with Gasteiger partial charge in [-0.05, 0) is 36.2 Å². The van der Waals surface area contributed by atoms with Crippen molar-refractivity contribution < 1.29 is 9.90 Å². The van der Waals surface area contributed by atoms with E-state index in [1.165, 1.54) is 11.3 Å². The molecule has 218 valence electrons. The first kappa shape index (κ1) is 28.5. The number of piperazine rings is 1. The van der Waals surface area contributed by atoms with E-state index in [9.17, 15) is 9.90 Å². The van der Waals surface area contributed by atoms with Crippen LogP contribution in [0.1, 0.15) is 22.4 Å². The van der Waals surface area contributed by atoms with Crippen molar-refractivity contribution in [2.75, 3.05) is 44.2 Å². The number of halogens is 1. The van der Waals surface area contributed by atoms with Crippen LogP contribution in [0.15, 0.2) is 78.9 Å². The molecule has 1 aromatic heterocycles. The highest BCUT2D eigenvalue weighted by atomic mass is 35.5. The number of amides is 1. The summed E-state index contributed by atoms with van der Waals surface area (Å²) < 4.78 is 1.98. The molecule has 4 aromatic rings. The van der Waals surface area contributed by atoms with Gasteiger partial charge in [0.25, 0.3) is 0 Å². The van der Waals surface area contributed by atoms with Gasteiger partial charge in [0.1, 0.15) is 0 Å². The number of β-amino-alcohol motifs (C(OH)–C–C–N with tert-alkyl or cyclic N) is 1. The molecule has 1 atom stereocenters. The maximum Gasteiger partial charge on any atom is 0.227 e. The number of carbonyl (C=O) groups excluding carboxylic acids is 1. The molecule has 0 saturated carbocycles. The molecular formula is C34H38ClN5O2. The van der Waals surface area contributed by atoms with E-state index in [1.807, 2.05) is 64.2 Å². The summed E-state index contributed by atoms with van der Waals surface area (Å²) in [6.07, 6.45) is 0.545. The first-order valence-corrected chi connectivity index (χ1v) is 15.2. The number of nitrogens with zero attached hydrogens (tertiary/aromatic N) is 5. The van der Waals surface area contributed by atoms with Gasteiger partial charge in [0.15, 0.2) is 0 Å². The molecule has 6 rings (SSSR count). The van der Waals surface area contributed by atoms with Crippen molar-refractivity contribution in [2.45, 2.75) is 39.0 Å². The molecule has 2 aliphatic rings. The molecule has 2 aliphatic heterocycles. The third-order valence-corrected chi connectivity index (χ3v) is 8.74. The minimum Gasteiger partial charge on any atom is -0.390 e. The second kappa shape index (κ2) is 12.7. The molecular weight excluding hydrogens is 546 g/mol. The van der Waals surface area contributed by atoms with Gasteiger partial charge in [-0.15, -0.1) is 0 Å². The van der Waals surface area contributed by atoms with Crippen LogP contribution in [0.25, 0.3) is 11.3 Å². The predicted molar refractivity (Wildman–Crippen MR) is 168 cm³/mol. The normalized spacial score (nSPS) is 16.4. The average molecular weight is 584 g/mol. The zero-order chi connectivity index (χ0) is 29.1. The summed E-state index contributed by atoms with van der Waals surface area (Å²) >= 11 is 6.18. The molecule has 0 radical (unpaired) electrons. The smallest absolute Gasteiger partial charge is 0.227 e. The highest BCUT2D eigenvalue weighted by Gasteiger charge is 2.29. The number of aryl methyl sites for hydroxylation is 1. The maximum atomic E-state index is 13.2. The number of benzene rings is 3. The number of rotatable bonds is 8. The number of anilines is 1. The Morgan fingerprint density at radius 3 is 2.36 bits per heavy atom. The highest BCUT2D eigenvalue weighted by molar-refractivity contribution is 6.30. The molecule has 3 heterocycles. The number of fused-ring (bicyclic) bond motifs is 1. The third kappa shape index (κ3) is 6.38. The summed E-state index contributed by atoms with van der Waals surface area (Å²) in [5.74, 6) is 0.117. The summed E-state index contributed by atoms with van der Waals surface area (Å²) in [6.45, 7) is 8.06. The summed E-state index contributed by atoms with van der Waals surface area (Å²) in [6, 6.07) is 26.1. The minimum atomic E-state index is -0.546. The molecule has 0 spiro atoms. The van der Waals surface area contributed by atoms with E-state index in [2.05, 4.69) is 41.0 Å². The number of hydrogen-bond acceptors (Lipinski definition) is 5.